The van der Waals surface area contributed by atoms with E-state index in [1.807, 2.05) is 6.08 Å². The van der Waals surface area contributed by atoms with Crippen molar-refractivity contribution in [3.8, 4) is 0 Å². The molecule has 2 nitrogen and oxygen atoms in total. The summed E-state index contributed by atoms with van der Waals surface area (Å²) in [5.41, 5.74) is 0. The molecule has 0 N–H and O–H groups in total. The highest BCUT2D eigenvalue weighted by atomic mass is 19.4. The fourth-order valence-corrected chi connectivity index (χ4v) is 1.32. The van der Waals surface area contributed by atoms with Crippen LogP contribution in [0, 0.1) is 0 Å². The van der Waals surface area contributed by atoms with Crippen molar-refractivity contribution in [2.45, 2.75) is 57.5 Å². The van der Waals surface area contributed by atoms with Crippen LogP contribution in [0.5, 0.6) is 0 Å². The van der Waals surface area contributed by atoms with Gasteiger partial charge in [0.1, 0.15) is 0 Å². The molecule has 0 aromatic rings. The van der Waals surface area contributed by atoms with Crippen LogP contribution in [0.15, 0.2) is 12.2 Å². The number of hydrogen-bond donors (Lipinski definition) is 0. The quantitative estimate of drug-likeness (QED) is 0.268. The van der Waals surface area contributed by atoms with Crippen molar-refractivity contribution < 1.29 is 31.5 Å². The van der Waals surface area contributed by atoms with Gasteiger partial charge in [0.25, 0.3) is 0 Å². The fourth-order valence-electron chi connectivity index (χ4n) is 1.32. The second kappa shape index (κ2) is 8.92. The summed E-state index contributed by atoms with van der Waals surface area (Å²) < 4.78 is 64.3. The number of unbranched alkanes of at least 4 members (excludes halogenated alkanes) is 4. The summed E-state index contributed by atoms with van der Waals surface area (Å²) >= 11 is 0. The van der Waals surface area contributed by atoms with Crippen LogP contribution >= 0.6 is 0 Å². The lowest BCUT2D eigenvalue weighted by Gasteiger charge is -2.17. The largest absolute Gasteiger partial charge is 0.465 e. The molecule has 0 amide bonds. The van der Waals surface area contributed by atoms with Crippen LogP contribution in [0.4, 0.5) is 22.0 Å². The van der Waals surface area contributed by atoms with E-state index in [-0.39, 0.29) is 6.42 Å². The van der Waals surface area contributed by atoms with Gasteiger partial charge in [-0.05, 0) is 25.7 Å². The highest BCUT2D eigenvalue weighted by Gasteiger charge is 2.64. The molecule has 0 aromatic carbocycles. The fraction of sp³-hybridized carbons (Fsp3) is 0.769. The Bertz CT molecular complexity index is 310. The molecule has 0 aliphatic rings. The molecule has 0 aliphatic heterocycles. The maximum Gasteiger partial charge on any atom is 0.465 e. The molecule has 0 bridgehead atoms. The summed E-state index contributed by atoms with van der Waals surface area (Å²) in [5.74, 6) is -7.99. The summed E-state index contributed by atoms with van der Waals surface area (Å²) in [5, 5.41) is 0. The van der Waals surface area contributed by atoms with Crippen LogP contribution in [0.2, 0.25) is 0 Å². The van der Waals surface area contributed by atoms with Crippen molar-refractivity contribution in [1.82, 2.24) is 0 Å². The first kappa shape index (κ1) is 18.9. The minimum Gasteiger partial charge on any atom is -0.461 e. The highest BCUT2D eigenvalue weighted by Crippen LogP contribution is 2.36. The molecule has 118 valence electrons. The van der Waals surface area contributed by atoms with Gasteiger partial charge in [0.05, 0.1) is 6.61 Å². The first-order valence-electron chi connectivity index (χ1n) is 6.50. The Hall–Kier alpha value is -1.14. The van der Waals surface area contributed by atoms with Gasteiger partial charge in [-0.15, -0.1) is 0 Å². The Morgan fingerprint density at radius 1 is 1.00 bits per heavy atom. The van der Waals surface area contributed by atoms with Crippen LogP contribution in [0.1, 0.15) is 45.4 Å². The third-order valence-corrected chi connectivity index (χ3v) is 2.50. The van der Waals surface area contributed by atoms with Gasteiger partial charge >= 0.3 is 18.1 Å². The number of alkyl halides is 5. The van der Waals surface area contributed by atoms with Gasteiger partial charge in [0, 0.05) is 0 Å². The van der Waals surface area contributed by atoms with E-state index in [4.69, 9.17) is 0 Å². The van der Waals surface area contributed by atoms with Gasteiger partial charge in [0.15, 0.2) is 0 Å². The molecule has 0 heterocycles. The zero-order valence-electron chi connectivity index (χ0n) is 11.3. The van der Waals surface area contributed by atoms with Crippen LogP contribution in [-0.4, -0.2) is 24.7 Å². The van der Waals surface area contributed by atoms with Gasteiger partial charge in [-0.25, -0.2) is 4.79 Å². The van der Waals surface area contributed by atoms with E-state index in [0.717, 1.165) is 25.7 Å². The third kappa shape index (κ3) is 6.86. The van der Waals surface area contributed by atoms with E-state index in [2.05, 4.69) is 11.7 Å². The predicted octanol–water partition coefficient (Wildman–Crippen LogP) is 4.64. The summed E-state index contributed by atoms with van der Waals surface area (Å²) in [6, 6.07) is 0. The van der Waals surface area contributed by atoms with Crippen LogP contribution in [0.3, 0.4) is 0 Å². The molecular weight excluding hydrogens is 283 g/mol. The Labute approximate surface area is 115 Å². The minimum absolute atomic E-state index is 0.212. The number of rotatable bonds is 9. The maximum absolute atomic E-state index is 12.5. The molecule has 20 heavy (non-hydrogen) atoms. The molecule has 0 spiro atoms. The van der Waals surface area contributed by atoms with Crippen molar-refractivity contribution in [3.05, 3.63) is 12.2 Å². The maximum atomic E-state index is 12.5. The summed E-state index contributed by atoms with van der Waals surface area (Å²) in [7, 11) is 0. The second-order valence-electron chi connectivity index (χ2n) is 4.32. The average molecular weight is 302 g/mol. The molecule has 0 saturated carbocycles. The number of carbonyl (C=O) groups is 1. The van der Waals surface area contributed by atoms with Crippen molar-refractivity contribution in [3.63, 3.8) is 0 Å². The standard InChI is InChI=1S/C13H19F5O2/c1-2-3-4-5-6-7-8-9-10-20-11(19)12(14,15)13(16,17)18/h6-7H,2-5,8-10H2,1H3/b7-6-. The monoisotopic (exact) mass is 302 g/mol. The van der Waals surface area contributed by atoms with Crippen molar-refractivity contribution >= 4 is 5.97 Å². The topological polar surface area (TPSA) is 26.3 Å². The molecule has 0 atom stereocenters. The molecule has 0 aromatic heterocycles. The van der Waals surface area contributed by atoms with Gasteiger partial charge in [-0.1, -0.05) is 31.9 Å². The molecule has 0 saturated heterocycles. The predicted molar refractivity (Wildman–Crippen MR) is 64.5 cm³/mol. The van der Waals surface area contributed by atoms with E-state index in [9.17, 15) is 26.7 Å². The normalized spacial score (nSPS) is 12.9. The van der Waals surface area contributed by atoms with Crippen LogP contribution in [-0.2, 0) is 9.53 Å². The molecule has 0 aliphatic carbocycles. The Morgan fingerprint density at radius 3 is 2.05 bits per heavy atom. The zero-order chi connectivity index (χ0) is 15.6. The number of hydrogen-bond acceptors (Lipinski definition) is 2. The van der Waals surface area contributed by atoms with E-state index in [1.165, 1.54) is 0 Å². The van der Waals surface area contributed by atoms with E-state index >= 15 is 0 Å². The minimum atomic E-state index is -5.91. The smallest absolute Gasteiger partial charge is 0.461 e. The Balaban J connectivity index is 3.78. The van der Waals surface area contributed by atoms with Crippen molar-refractivity contribution in [2.24, 2.45) is 0 Å². The van der Waals surface area contributed by atoms with Crippen molar-refractivity contribution in [2.75, 3.05) is 6.61 Å². The van der Waals surface area contributed by atoms with E-state index in [1.54, 1.807) is 6.08 Å². The molecule has 0 radical (unpaired) electrons. The van der Waals surface area contributed by atoms with E-state index < -0.39 is 24.7 Å². The SMILES string of the molecule is CCCCC/C=C\CCCOC(=O)C(F)(F)C(F)(F)F. The Kier molecular flexibility index (Phi) is 8.41. The van der Waals surface area contributed by atoms with Gasteiger partial charge in [-0.3, -0.25) is 0 Å². The van der Waals surface area contributed by atoms with Crippen LogP contribution < -0.4 is 0 Å². The summed E-state index contributed by atoms with van der Waals surface area (Å²) in [6.45, 7) is 1.62. The number of ether oxygens (including phenoxy) is 1. The molecule has 0 fully saturated rings. The highest BCUT2D eigenvalue weighted by molar-refractivity contribution is 5.78. The first-order chi connectivity index (χ1) is 9.23. The molecule has 0 rings (SSSR count). The first-order valence-corrected chi connectivity index (χ1v) is 6.50. The number of carbonyl (C=O) groups excluding carboxylic acids is 1. The van der Waals surface area contributed by atoms with Gasteiger partial charge in [-0.2, -0.15) is 22.0 Å². The van der Waals surface area contributed by atoms with Crippen molar-refractivity contribution in [1.29, 1.82) is 0 Å². The van der Waals surface area contributed by atoms with Gasteiger partial charge < -0.3 is 4.74 Å². The zero-order valence-corrected chi connectivity index (χ0v) is 11.3. The van der Waals surface area contributed by atoms with E-state index in [0.29, 0.717) is 6.42 Å². The lowest BCUT2D eigenvalue weighted by atomic mass is 10.2. The lowest BCUT2D eigenvalue weighted by molar-refractivity contribution is -0.280. The number of allylic oxidation sites excluding steroid dienone is 2. The third-order valence-electron chi connectivity index (χ3n) is 2.50. The Morgan fingerprint density at radius 2 is 1.55 bits per heavy atom. The number of esters is 1. The lowest BCUT2D eigenvalue weighted by Crippen LogP contribution is -2.45. The summed E-state index contributed by atoms with van der Waals surface area (Å²) in [4.78, 5) is 10.6. The molecule has 7 heteroatoms. The molecular formula is C13H19F5O2. The van der Waals surface area contributed by atoms with Crippen LogP contribution in [0.25, 0.3) is 0 Å². The van der Waals surface area contributed by atoms with Gasteiger partial charge in [0.2, 0.25) is 0 Å². The average Bonchev–Trinajstić information content (AvgIpc) is 2.35. The second-order valence-corrected chi connectivity index (χ2v) is 4.32. The molecule has 0 unspecified atom stereocenters. The summed E-state index contributed by atoms with van der Waals surface area (Å²) in [6.07, 6.45) is 2.67. The number of halogens is 5.